The van der Waals surface area contributed by atoms with Crippen LogP contribution in [0.3, 0.4) is 0 Å². The SMILES string of the molecule is CCOc1ccc(Cl)c(/C(O)=C2\C(=O)C(=O)N(Cc3ccc(C(=O)O)cc3)C2c2ccc(N(C)C)cc2)c1. The van der Waals surface area contributed by atoms with Crippen molar-refractivity contribution >= 4 is 40.7 Å². The number of halogens is 1. The Labute approximate surface area is 225 Å². The van der Waals surface area contributed by atoms with Gasteiger partial charge in [0.25, 0.3) is 11.7 Å². The lowest BCUT2D eigenvalue weighted by molar-refractivity contribution is -0.140. The van der Waals surface area contributed by atoms with Crippen LogP contribution in [-0.4, -0.2) is 53.5 Å². The Morgan fingerprint density at radius 3 is 2.24 bits per heavy atom. The van der Waals surface area contributed by atoms with Gasteiger partial charge in [-0.15, -0.1) is 0 Å². The first kappa shape index (κ1) is 26.8. The average Bonchev–Trinajstić information content (AvgIpc) is 3.14. The number of Topliss-reactive ketones (excluding diaryl/α,β-unsaturated/α-hetero) is 1. The van der Waals surface area contributed by atoms with E-state index in [1.807, 2.05) is 38.1 Å². The largest absolute Gasteiger partial charge is 0.507 e. The number of carbonyl (C=O) groups is 3. The molecule has 38 heavy (non-hydrogen) atoms. The Hall–Kier alpha value is -4.30. The third-order valence-electron chi connectivity index (χ3n) is 6.32. The number of aliphatic hydroxyl groups is 1. The second-order valence-corrected chi connectivity index (χ2v) is 9.40. The van der Waals surface area contributed by atoms with Crippen molar-refractivity contribution in [1.29, 1.82) is 0 Å². The Morgan fingerprint density at radius 1 is 1.00 bits per heavy atom. The van der Waals surface area contributed by atoms with Crippen LogP contribution in [0.4, 0.5) is 5.69 Å². The van der Waals surface area contributed by atoms with E-state index in [9.17, 15) is 24.6 Å². The van der Waals surface area contributed by atoms with Gasteiger partial charge in [0.05, 0.1) is 28.8 Å². The summed E-state index contributed by atoms with van der Waals surface area (Å²) in [5.41, 5.74) is 2.36. The van der Waals surface area contributed by atoms with Gasteiger partial charge in [-0.25, -0.2) is 4.79 Å². The first-order valence-electron chi connectivity index (χ1n) is 11.9. The molecule has 0 bridgehead atoms. The minimum absolute atomic E-state index is 0.0219. The maximum absolute atomic E-state index is 13.4. The molecule has 3 aromatic rings. The van der Waals surface area contributed by atoms with Gasteiger partial charge in [-0.05, 0) is 60.5 Å². The Bertz CT molecular complexity index is 1410. The van der Waals surface area contributed by atoms with Crippen LogP contribution in [0.2, 0.25) is 5.02 Å². The summed E-state index contributed by atoms with van der Waals surface area (Å²) < 4.78 is 5.53. The van der Waals surface area contributed by atoms with Crippen molar-refractivity contribution in [2.24, 2.45) is 0 Å². The molecule has 4 rings (SSSR count). The van der Waals surface area contributed by atoms with Crippen LogP contribution >= 0.6 is 11.6 Å². The summed E-state index contributed by atoms with van der Waals surface area (Å²) in [6.45, 7) is 2.24. The molecule has 3 aromatic carbocycles. The van der Waals surface area contributed by atoms with E-state index in [4.69, 9.17) is 16.3 Å². The number of aromatic carboxylic acids is 1. The number of anilines is 1. The van der Waals surface area contributed by atoms with Crippen LogP contribution in [0.15, 0.2) is 72.3 Å². The Balaban J connectivity index is 1.85. The maximum Gasteiger partial charge on any atom is 0.335 e. The highest BCUT2D eigenvalue weighted by Gasteiger charge is 2.46. The molecule has 196 valence electrons. The van der Waals surface area contributed by atoms with Gasteiger partial charge in [-0.2, -0.15) is 0 Å². The Morgan fingerprint density at radius 2 is 1.66 bits per heavy atom. The molecule has 9 heteroatoms. The lowest BCUT2D eigenvalue weighted by Gasteiger charge is -2.26. The van der Waals surface area contributed by atoms with Crippen LogP contribution < -0.4 is 9.64 Å². The van der Waals surface area contributed by atoms with Crippen LogP contribution in [0.25, 0.3) is 5.76 Å². The second-order valence-electron chi connectivity index (χ2n) is 8.99. The molecular weight excluding hydrogens is 508 g/mol. The highest BCUT2D eigenvalue weighted by molar-refractivity contribution is 6.47. The molecule has 0 saturated carbocycles. The maximum atomic E-state index is 13.4. The van der Waals surface area contributed by atoms with Crippen LogP contribution in [0, 0.1) is 0 Å². The normalized spacial score (nSPS) is 16.5. The molecule has 1 unspecified atom stereocenters. The van der Waals surface area contributed by atoms with Gasteiger partial charge >= 0.3 is 5.97 Å². The molecule has 1 aliphatic heterocycles. The van der Waals surface area contributed by atoms with Crippen molar-refractivity contribution in [2.45, 2.75) is 19.5 Å². The fourth-order valence-electron chi connectivity index (χ4n) is 4.38. The zero-order valence-electron chi connectivity index (χ0n) is 21.1. The van der Waals surface area contributed by atoms with Crippen molar-refractivity contribution in [2.75, 3.05) is 25.6 Å². The summed E-state index contributed by atoms with van der Waals surface area (Å²) in [5.74, 6) is -2.64. The first-order chi connectivity index (χ1) is 18.1. The number of rotatable bonds is 8. The van der Waals surface area contributed by atoms with Gasteiger partial charge in [0.2, 0.25) is 0 Å². The minimum Gasteiger partial charge on any atom is -0.507 e. The van der Waals surface area contributed by atoms with Gasteiger partial charge in [-0.1, -0.05) is 35.9 Å². The number of ketones is 1. The molecule has 1 amide bonds. The number of hydrogen-bond donors (Lipinski definition) is 2. The van der Waals surface area contributed by atoms with Crippen molar-refractivity contribution < 1.29 is 29.3 Å². The molecule has 2 N–H and O–H groups in total. The van der Waals surface area contributed by atoms with Crippen molar-refractivity contribution in [3.05, 3.63) is 99.6 Å². The van der Waals surface area contributed by atoms with E-state index in [1.54, 1.807) is 36.4 Å². The smallest absolute Gasteiger partial charge is 0.335 e. The highest BCUT2D eigenvalue weighted by Crippen LogP contribution is 2.42. The van der Waals surface area contributed by atoms with Crippen molar-refractivity contribution in [3.8, 4) is 5.75 Å². The summed E-state index contributed by atoms with van der Waals surface area (Å²) in [7, 11) is 3.80. The summed E-state index contributed by atoms with van der Waals surface area (Å²) in [4.78, 5) is 41.2. The summed E-state index contributed by atoms with van der Waals surface area (Å²) in [6.07, 6.45) is 0. The number of benzene rings is 3. The number of amides is 1. The Kier molecular flexibility index (Phi) is 7.73. The van der Waals surface area contributed by atoms with E-state index >= 15 is 0 Å². The molecule has 1 aliphatic rings. The van der Waals surface area contributed by atoms with Gasteiger partial charge in [0, 0.05) is 31.9 Å². The van der Waals surface area contributed by atoms with E-state index in [-0.39, 0.29) is 28.3 Å². The molecule has 1 atom stereocenters. The lowest BCUT2D eigenvalue weighted by atomic mass is 9.94. The first-order valence-corrected chi connectivity index (χ1v) is 12.3. The predicted octanol–water partition coefficient (Wildman–Crippen LogP) is 5.12. The molecule has 8 nitrogen and oxygen atoms in total. The predicted molar refractivity (Wildman–Crippen MR) is 145 cm³/mol. The second kappa shape index (κ2) is 11.0. The topological polar surface area (TPSA) is 107 Å². The third kappa shape index (κ3) is 5.21. The van der Waals surface area contributed by atoms with E-state index in [0.717, 1.165) is 5.69 Å². The van der Waals surface area contributed by atoms with Gasteiger partial charge < -0.3 is 24.7 Å². The molecule has 1 saturated heterocycles. The van der Waals surface area contributed by atoms with Crippen LogP contribution in [0.5, 0.6) is 5.75 Å². The molecule has 0 spiro atoms. The van der Waals surface area contributed by atoms with E-state index in [0.29, 0.717) is 23.5 Å². The van der Waals surface area contributed by atoms with E-state index < -0.39 is 29.5 Å². The molecular formula is C29H27ClN2O6. The number of carbonyl (C=O) groups excluding carboxylic acids is 2. The van der Waals surface area contributed by atoms with E-state index in [2.05, 4.69) is 0 Å². The number of likely N-dealkylation sites (tertiary alicyclic amines) is 1. The number of nitrogens with zero attached hydrogens (tertiary/aromatic N) is 2. The van der Waals surface area contributed by atoms with Gasteiger partial charge in [0.1, 0.15) is 11.5 Å². The van der Waals surface area contributed by atoms with Crippen molar-refractivity contribution in [1.82, 2.24) is 4.90 Å². The highest BCUT2D eigenvalue weighted by atomic mass is 35.5. The quantitative estimate of drug-likeness (QED) is 0.234. The summed E-state index contributed by atoms with van der Waals surface area (Å²) >= 11 is 6.40. The average molecular weight is 535 g/mol. The van der Waals surface area contributed by atoms with Gasteiger partial charge in [0.15, 0.2) is 0 Å². The van der Waals surface area contributed by atoms with E-state index in [1.165, 1.54) is 23.1 Å². The molecule has 1 fully saturated rings. The molecule has 0 aliphatic carbocycles. The van der Waals surface area contributed by atoms with Crippen LogP contribution in [-0.2, 0) is 16.1 Å². The molecule has 0 radical (unpaired) electrons. The molecule has 0 aromatic heterocycles. The standard InChI is InChI=1S/C29H27ClN2O6/c1-4-38-21-13-14-23(30)22(15-21)26(33)24-25(18-9-11-20(12-10-18)31(2)3)32(28(35)27(24)34)16-17-5-7-19(8-6-17)29(36)37/h5-15,25,33H,4,16H2,1-3H3,(H,36,37)/b26-24+. The zero-order chi connectivity index (χ0) is 27.6. The summed E-state index contributed by atoms with van der Waals surface area (Å²) in [6, 6.07) is 17.2. The van der Waals surface area contributed by atoms with Gasteiger partial charge in [-0.3, -0.25) is 9.59 Å². The summed E-state index contributed by atoms with van der Waals surface area (Å²) in [5, 5.41) is 20.8. The number of aliphatic hydroxyl groups excluding tert-OH is 1. The third-order valence-corrected chi connectivity index (χ3v) is 6.65. The van der Waals surface area contributed by atoms with Crippen molar-refractivity contribution in [3.63, 3.8) is 0 Å². The lowest BCUT2D eigenvalue weighted by Crippen LogP contribution is -2.29. The monoisotopic (exact) mass is 534 g/mol. The van der Waals surface area contributed by atoms with Crippen LogP contribution in [0.1, 0.15) is 40.0 Å². The fourth-order valence-corrected chi connectivity index (χ4v) is 4.59. The number of ether oxygens (including phenoxy) is 1. The minimum atomic E-state index is -1.07. The number of carboxylic acid groups (broad SMARTS) is 1. The molecule has 1 heterocycles. The fraction of sp³-hybridized carbons (Fsp3) is 0.207. The number of hydrogen-bond acceptors (Lipinski definition) is 6. The zero-order valence-corrected chi connectivity index (χ0v) is 21.9. The number of carboxylic acids is 1.